The smallest absolute Gasteiger partial charge is 0.0342 e. The van der Waals surface area contributed by atoms with Gasteiger partial charge in [-0.25, -0.2) is 0 Å². The molecule has 0 unspecified atom stereocenters. The molecule has 1 rings (SSSR count). The van der Waals surface area contributed by atoms with Crippen LogP contribution in [-0.2, 0) is 0 Å². The summed E-state index contributed by atoms with van der Waals surface area (Å²) in [5.74, 6) is 0. The lowest BCUT2D eigenvalue weighted by molar-refractivity contribution is 1.21. The molecule has 0 fully saturated rings. The van der Waals surface area contributed by atoms with Crippen molar-refractivity contribution in [3.63, 3.8) is 0 Å². The van der Waals surface area contributed by atoms with Crippen LogP contribution in [0.4, 0.5) is 5.69 Å². The van der Waals surface area contributed by atoms with Crippen LogP contribution in [0, 0.1) is 6.92 Å². The highest BCUT2D eigenvalue weighted by molar-refractivity contribution is 5.45. The van der Waals surface area contributed by atoms with Crippen molar-refractivity contribution in [2.75, 3.05) is 11.9 Å². The molecule has 0 atom stereocenters. The molecule has 0 aliphatic rings. The van der Waals surface area contributed by atoms with Crippen LogP contribution in [0.5, 0.6) is 0 Å². The second-order valence-electron chi connectivity index (χ2n) is 2.40. The maximum absolute atomic E-state index is 3.25. The number of hydrogen-bond acceptors (Lipinski definition) is 1. The van der Waals surface area contributed by atoms with Gasteiger partial charge in [-0.1, -0.05) is 26.0 Å². The zero-order chi connectivity index (χ0) is 9.40. The molecule has 1 N–H and O–H groups in total. The van der Waals surface area contributed by atoms with Gasteiger partial charge in [-0.2, -0.15) is 0 Å². The zero-order valence-electron chi connectivity index (χ0n) is 8.52. The van der Waals surface area contributed by atoms with Crippen LogP contribution in [0.15, 0.2) is 24.3 Å². The molecular formula is C11H21N. The van der Waals surface area contributed by atoms with E-state index in [1.165, 1.54) is 11.3 Å². The summed E-state index contributed by atoms with van der Waals surface area (Å²) in [6.45, 7) is 9.19. The van der Waals surface area contributed by atoms with E-state index in [1.807, 2.05) is 13.8 Å². The van der Waals surface area contributed by atoms with Crippen LogP contribution in [0.25, 0.3) is 0 Å². The minimum Gasteiger partial charge on any atom is -0.385 e. The first-order valence-corrected chi connectivity index (χ1v) is 4.63. The van der Waals surface area contributed by atoms with E-state index in [0.29, 0.717) is 0 Å². The van der Waals surface area contributed by atoms with Gasteiger partial charge in [0.2, 0.25) is 0 Å². The summed E-state index contributed by atoms with van der Waals surface area (Å²) >= 11 is 0. The first-order valence-electron chi connectivity index (χ1n) is 4.63. The summed E-state index contributed by atoms with van der Waals surface area (Å²) in [6.07, 6.45) is 0. The molecule has 1 nitrogen and oxygen atoms in total. The molecule has 0 radical (unpaired) electrons. The average molecular weight is 167 g/mol. The van der Waals surface area contributed by atoms with Crippen LogP contribution in [0.2, 0.25) is 0 Å². The molecule has 1 aromatic rings. The van der Waals surface area contributed by atoms with Crippen LogP contribution in [0.3, 0.4) is 0 Å². The van der Waals surface area contributed by atoms with Crippen molar-refractivity contribution in [1.82, 2.24) is 0 Å². The van der Waals surface area contributed by atoms with Crippen LogP contribution < -0.4 is 5.32 Å². The molecule has 0 heterocycles. The summed E-state index contributed by atoms with van der Waals surface area (Å²) in [5.41, 5.74) is 2.51. The number of aryl methyl sites for hydroxylation is 1. The molecular weight excluding hydrogens is 146 g/mol. The molecule has 70 valence electrons. The largest absolute Gasteiger partial charge is 0.385 e. The monoisotopic (exact) mass is 167 g/mol. The Kier molecular flexibility index (Phi) is 6.16. The maximum atomic E-state index is 3.25. The van der Waals surface area contributed by atoms with E-state index in [4.69, 9.17) is 0 Å². The van der Waals surface area contributed by atoms with Gasteiger partial charge >= 0.3 is 0 Å². The van der Waals surface area contributed by atoms with E-state index in [2.05, 4.69) is 43.4 Å². The Morgan fingerprint density at radius 1 is 1.33 bits per heavy atom. The summed E-state index contributed by atoms with van der Waals surface area (Å²) < 4.78 is 0. The molecule has 0 bridgehead atoms. The van der Waals surface area contributed by atoms with Gasteiger partial charge < -0.3 is 5.32 Å². The minimum absolute atomic E-state index is 0. The van der Waals surface area contributed by atoms with Crippen molar-refractivity contribution in [3.8, 4) is 0 Å². The maximum Gasteiger partial charge on any atom is 0.0342 e. The number of benzene rings is 1. The highest BCUT2D eigenvalue weighted by atomic mass is 14.8. The molecule has 0 amide bonds. The van der Waals surface area contributed by atoms with E-state index in [9.17, 15) is 0 Å². The van der Waals surface area contributed by atoms with Gasteiger partial charge in [-0.05, 0) is 31.5 Å². The molecule has 0 spiro atoms. The lowest BCUT2D eigenvalue weighted by Crippen LogP contribution is -1.95. The Balaban J connectivity index is 0. The molecule has 0 aliphatic carbocycles. The second kappa shape index (κ2) is 6.71. The summed E-state index contributed by atoms with van der Waals surface area (Å²) in [7, 11) is 0. The van der Waals surface area contributed by atoms with E-state index < -0.39 is 0 Å². The van der Waals surface area contributed by atoms with Crippen molar-refractivity contribution in [3.05, 3.63) is 29.8 Å². The van der Waals surface area contributed by atoms with Crippen molar-refractivity contribution in [2.45, 2.75) is 27.7 Å². The molecule has 0 saturated heterocycles. The predicted molar refractivity (Wildman–Crippen MR) is 58.8 cm³/mol. The Morgan fingerprint density at radius 3 is 2.50 bits per heavy atom. The van der Waals surface area contributed by atoms with E-state index >= 15 is 0 Å². The van der Waals surface area contributed by atoms with Gasteiger partial charge in [0.1, 0.15) is 0 Å². The molecule has 0 aliphatic heterocycles. The Morgan fingerprint density at radius 2 is 2.00 bits per heavy atom. The highest BCUT2D eigenvalue weighted by Crippen LogP contribution is 2.08. The highest BCUT2D eigenvalue weighted by Gasteiger charge is 1.87. The summed E-state index contributed by atoms with van der Waals surface area (Å²) in [6, 6.07) is 8.38. The number of anilines is 1. The topological polar surface area (TPSA) is 12.0 Å². The zero-order valence-corrected chi connectivity index (χ0v) is 8.52. The Bertz CT molecular complexity index is 211. The second-order valence-corrected chi connectivity index (χ2v) is 2.40. The van der Waals surface area contributed by atoms with Gasteiger partial charge in [-0.3, -0.25) is 0 Å². The van der Waals surface area contributed by atoms with Gasteiger partial charge in [-0.15, -0.1) is 0 Å². The Labute approximate surface area is 77.3 Å². The lowest BCUT2D eigenvalue weighted by Gasteiger charge is -2.02. The fourth-order valence-corrected chi connectivity index (χ4v) is 0.959. The summed E-state index contributed by atoms with van der Waals surface area (Å²) in [5, 5.41) is 3.25. The number of rotatable bonds is 2. The molecule has 0 saturated carbocycles. The normalized spacial score (nSPS) is 8.33. The Hall–Kier alpha value is -0.980. The number of nitrogens with one attached hydrogen (secondary N) is 1. The van der Waals surface area contributed by atoms with E-state index in [-0.39, 0.29) is 1.43 Å². The van der Waals surface area contributed by atoms with Crippen LogP contribution >= 0.6 is 0 Å². The predicted octanol–water partition coefficient (Wildman–Crippen LogP) is 3.70. The summed E-state index contributed by atoms with van der Waals surface area (Å²) in [4.78, 5) is 0. The molecule has 1 heteroatoms. The van der Waals surface area contributed by atoms with Gasteiger partial charge in [0.05, 0.1) is 0 Å². The molecule has 12 heavy (non-hydrogen) atoms. The van der Waals surface area contributed by atoms with Crippen LogP contribution in [-0.4, -0.2) is 6.54 Å². The van der Waals surface area contributed by atoms with Gasteiger partial charge in [0.25, 0.3) is 0 Å². The van der Waals surface area contributed by atoms with Crippen molar-refractivity contribution >= 4 is 5.69 Å². The van der Waals surface area contributed by atoms with E-state index in [1.54, 1.807) is 0 Å². The van der Waals surface area contributed by atoms with Gasteiger partial charge in [0.15, 0.2) is 0 Å². The van der Waals surface area contributed by atoms with Crippen LogP contribution in [0.1, 0.15) is 27.8 Å². The van der Waals surface area contributed by atoms with Crippen molar-refractivity contribution in [1.29, 1.82) is 0 Å². The molecule has 0 aromatic heterocycles. The van der Waals surface area contributed by atoms with E-state index in [0.717, 1.165) is 6.54 Å². The van der Waals surface area contributed by atoms with Crippen molar-refractivity contribution in [2.24, 2.45) is 0 Å². The quantitative estimate of drug-likeness (QED) is 0.708. The first kappa shape index (κ1) is 11.0. The third-order valence-corrected chi connectivity index (χ3v) is 1.40. The third-order valence-electron chi connectivity index (χ3n) is 1.40. The first-order chi connectivity index (χ1) is 5.83. The van der Waals surface area contributed by atoms with Gasteiger partial charge in [0, 0.05) is 13.7 Å². The standard InChI is InChI=1S/C9H13N.C2H6.H2/c1-3-10-9-6-4-5-8(2)7-9;1-2;/h4-7,10H,3H2,1-2H3;1-2H3;1H. The fourth-order valence-electron chi connectivity index (χ4n) is 0.959. The number of hydrogen-bond donors (Lipinski definition) is 1. The minimum atomic E-state index is 0. The molecule has 1 aromatic carbocycles. The average Bonchev–Trinajstić information content (AvgIpc) is 2.09. The SMILES string of the molecule is CC.CCNc1cccc(C)c1.[HH]. The van der Waals surface area contributed by atoms with Crippen molar-refractivity contribution < 1.29 is 1.43 Å². The fraction of sp³-hybridized carbons (Fsp3) is 0.455. The lowest BCUT2D eigenvalue weighted by atomic mass is 10.2. The third kappa shape index (κ3) is 4.02.